The molecular formula is C11H9BrN2O4. The lowest BCUT2D eigenvalue weighted by atomic mass is 10.2. The van der Waals surface area contributed by atoms with Gasteiger partial charge in [-0.25, -0.2) is 4.79 Å². The molecule has 94 valence electrons. The zero-order valence-electron chi connectivity index (χ0n) is 9.01. The largest absolute Gasteiger partial charge is 0.478 e. The number of carboxylic acid groups (broad SMARTS) is 1. The van der Waals surface area contributed by atoms with Crippen LogP contribution in [0.25, 0.3) is 0 Å². The minimum absolute atomic E-state index is 0.362. The van der Waals surface area contributed by atoms with Gasteiger partial charge in [-0.3, -0.25) is 20.4 Å². The fourth-order valence-corrected chi connectivity index (χ4v) is 1.24. The van der Waals surface area contributed by atoms with Crippen molar-refractivity contribution in [2.45, 2.75) is 0 Å². The number of hydrogen-bond acceptors (Lipinski definition) is 3. The van der Waals surface area contributed by atoms with E-state index in [-0.39, 0.29) is 0 Å². The molecule has 3 N–H and O–H groups in total. The van der Waals surface area contributed by atoms with Crippen molar-refractivity contribution in [1.29, 1.82) is 0 Å². The molecule has 0 spiro atoms. The fourth-order valence-electron chi connectivity index (χ4n) is 0.980. The first-order chi connectivity index (χ1) is 8.49. The number of rotatable bonds is 3. The van der Waals surface area contributed by atoms with E-state index in [4.69, 9.17) is 5.11 Å². The highest BCUT2D eigenvalue weighted by molar-refractivity contribution is 9.10. The van der Waals surface area contributed by atoms with Crippen LogP contribution in [0.2, 0.25) is 0 Å². The molecule has 0 aliphatic rings. The molecule has 0 radical (unpaired) electrons. The summed E-state index contributed by atoms with van der Waals surface area (Å²) in [5.41, 5.74) is 4.56. The molecule has 7 heteroatoms. The van der Waals surface area contributed by atoms with Crippen LogP contribution in [0.5, 0.6) is 0 Å². The van der Waals surface area contributed by atoms with Gasteiger partial charge in [0.15, 0.2) is 0 Å². The predicted molar refractivity (Wildman–Crippen MR) is 66.5 cm³/mol. The molecule has 0 heterocycles. The Morgan fingerprint density at radius 2 is 1.67 bits per heavy atom. The first-order valence-electron chi connectivity index (χ1n) is 4.76. The lowest BCUT2D eigenvalue weighted by Crippen LogP contribution is -2.40. The molecule has 0 atom stereocenters. The Balaban J connectivity index is 2.49. The number of nitrogens with one attached hydrogen (secondary N) is 2. The normalized spacial score (nSPS) is 10.1. The average molecular weight is 313 g/mol. The van der Waals surface area contributed by atoms with E-state index in [0.29, 0.717) is 11.6 Å². The maximum Gasteiger partial charge on any atom is 0.328 e. The van der Waals surface area contributed by atoms with Gasteiger partial charge in [0.1, 0.15) is 0 Å². The molecule has 1 rings (SSSR count). The van der Waals surface area contributed by atoms with Crippen LogP contribution in [0, 0.1) is 0 Å². The lowest BCUT2D eigenvalue weighted by Gasteiger charge is -2.04. The lowest BCUT2D eigenvalue weighted by molar-refractivity contribution is -0.131. The van der Waals surface area contributed by atoms with Crippen molar-refractivity contribution in [2.75, 3.05) is 0 Å². The van der Waals surface area contributed by atoms with Gasteiger partial charge < -0.3 is 5.11 Å². The van der Waals surface area contributed by atoms with Crippen LogP contribution in [-0.2, 0) is 9.59 Å². The summed E-state index contributed by atoms with van der Waals surface area (Å²) in [6.07, 6.45) is 1.46. The Kier molecular flexibility index (Phi) is 5.06. The van der Waals surface area contributed by atoms with Gasteiger partial charge in [-0.15, -0.1) is 0 Å². The number of carbonyl (C=O) groups excluding carboxylic acids is 2. The summed E-state index contributed by atoms with van der Waals surface area (Å²) in [5.74, 6) is -2.48. The maximum atomic E-state index is 11.5. The third-order valence-electron chi connectivity index (χ3n) is 1.78. The van der Waals surface area contributed by atoms with Crippen LogP contribution in [-0.4, -0.2) is 22.9 Å². The first-order valence-corrected chi connectivity index (χ1v) is 5.55. The minimum atomic E-state index is -1.25. The Morgan fingerprint density at radius 3 is 2.22 bits per heavy atom. The second-order valence-corrected chi connectivity index (χ2v) is 4.04. The van der Waals surface area contributed by atoms with Gasteiger partial charge in [0.05, 0.1) is 0 Å². The SMILES string of the molecule is O=C(O)/C=C\C(=O)NNC(=O)c1ccc(Br)cc1. The van der Waals surface area contributed by atoms with Crippen molar-refractivity contribution >= 4 is 33.7 Å². The topological polar surface area (TPSA) is 95.5 Å². The molecule has 0 unspecified atom stereocenters. The third kappa shape index (κ3) is 4.79. The first kappa shape index (κ1) is 13.9. The van der Waals surface area contributed by atoms with Crippen LogP contribution in [0.3, 0.4) is 0 Å². The molecule has 18 heavy (non-hydrogen) atoms. The van der Waals surface area contributed by atoms with E-state index >= 15 is 0 Å². The molecule has 2 amide bonds. The van der Waals surface area contributed by atoms with Crippen LogP contribution >= 0.6 is 15.9 Å². The Morgan fingerprint density at radius 1 is 1.06 bits per heavy atom. The zero-order valence-corrected chi connectivity index (χ0v) is 10.6. The van der Waals surface area contributed by atoms with Crippen LogP contribution in [0.15, 0.2) is 40.9 Å². The van der Waals surface area contributed by atoms with E-state index in [1.807, 2.05) is 0 Å². The highest BCUT2D eigenvalue weighted by atomic mass is 79.9. The highest BCUT2D eigenvalue weighted by Crippen LogP contribution is 2.09. The summed E-state index contributed by atoms with van der Waals surface area (Å²) < 4.78 is 0.826. The zero-order chi connectivity index (χ0) is 13.5. The number of carbonyl (C=O) groups is 3. The Hall–Kier alpha value is -2.15. The van der Waals surface area contributed by atoms with E-state index in [0.717, 1.165) is 10.5 Å². The van der Waals surface area contributed by atoms with Crippen LogP contribution in [0.4, 0.5) is 0 Å². The van der Waals surface area contributed by atoms with Gasteiger partial charge in [0.2, 0.25) is 0 Å². The van der Waals surface area contributed by atoms with Crippen molar-refractivity contribution in [1.82, 2.24) is 10.9 Å². The molecular weight excluding hydrogens is 304 g/mol. The van der Waals surface area contributed by atoms with E-state index in [1.54, 1.807) is 24.3 Å². The van der Waals surface area contributed by atoms with Crippen molar-refractivity contribution < 1.29 is 19.5 Å². The number of carboxylic acids is 1. The van der Waals surface area contributed by atoms with Gasteiger partial charge in [-0.05, 0) is 24.3 Å². The number of aliphatic carboxylic acids is 1. The summed E-state index contributed by atoms with van der Waals surface area (Å²) in [5, 5.41) is 8.29. The number of hydrazine groups is 1. The van der Waals surface area contributed by atoms with Crippen LogP contribution < -0.4 is 10.9 Å². The molecule has 0 aliphatic heterocycles. The summed E-state index contributed by atoms with van der Waals surface area (Å²) in [6, 6.07) is 6.50. The van der Waals surface area contributed by atoms with Crippen LogP contribution in [0.1, 0.15) is 10.4 Å². The summed E-state index contributed by atoms with van der Waals surface area (Å²) in [7, 11) is 0. The molecule has 1 aromatic rings. The summed E-state index contributed by atoms with van der Waals surface area (Å²) >= 11 is 3.22. The number of halogens is 1. The van der Waals surface area contributed by atoms with E-state index in [9.17, 15) is 14.4 Å². The molecule has 0 bridgehead atoms. The molecule has 6 nitrogen and oxygen atoms in total. The van der Waals surface area contributed by atoms with E-state index < -0.39 is 17.8 Å². The second-order valence-electron chi connectivity index (χ2n) is 3.12. The van der Waals surface area contributed by atoms with Crippen molar-refractivity contribution in [3.63, 3.8) is 0 Å². The smallest absolute Gasteiger partial charge is 0.328 e. The van der Waals surface area contributed by atoms with Gasteiger partial charge in [0, 0.05) is 22.2 Å². The van der Waals surface area contributed by atoms with Crippen molar-refractivity contribution in [2.24, 2.45) is 0 Å². The van der Waals surface area contributed by atoms with Gasteiger partial charge in [-0.2, -0.15) is 0 Å². The van der Waals surface area contributed by atoms with E-state index in [2.05, 4.69) is 26.8 Å². The number of hydrogen-bond donors (Lipinski definition) is 3. The van der Waals surface area contributed by atoms with Crippen molar-refractivity contribution in [3.8, 4) is 0 Å². The predicted octanol–water partition coefficient (Wildman–Crippen LogP) is 0.851. The van der Waals surface area contributed by atoms with Gasteiger partial charge in [-0.1, -0.05) is 15.9 Å². The quantitative estimate of drug-likeness (QED) is 0.569. The fraction of sp³-hybridized carbons (Fsp3) is 0. The number of amides is 2. The minimum Gasteiger partial charge on any atom is -0.478 e. The molecule has 0 saturated carbocycles. The van der Waals surface area contributed by atoms with Crippen molar-refractivity contribution in [3.05, 3.63) is 46.5 Å². The van der Waals surface area contributed by atoms with E-state index in [1.165, 1.54) is 0 Å². The highest BCUT2D eigenvalue weighted by Gasteiger charge is 2.05. The second kappa shape index (κ2) is 6.55. The molecule has 0 saturated heterocycles. The Labute approximate surface area is 111 Å². The maximum absolute atomic E-state index is 11.5. The molecule has 0 fully saturated rings. The third-order valence-corrected chi connectivity index (χ3v) is 2.31. The molecule has 0 aromatic heterocycles. The molecule has 1 aromatic carbocycles. The summed E-state index contributed by atoms with van der Waals surface area (Å²) in [6.45, 7) is 0. The van der Waals surface area contributed by atoms with Gasteiger partial charge in [0.25, 0.3) is 11.8 Å². The Bertz CT molecular complexity index is 496. The van der Waals surface area contributed by atoms with Gasteiger partial charge >= 0.3 is 5.97 Å². The standard InChI is InChI=1S/C11H9BrN2O4/c12-8-3-1-7(2-4-8)11(18)14-13-9(15)5-6-10(16)17/h1-6H,(H,13,15)(H,14,18)(H,16,17)/b6-5-. The summed E-state index contributed by atoms with van der Waals surface area (Å²) in [4.78, 5) is 32.7. The molecule has 0 aliphatic carbocycles. The average Bonchev–Trinajstić information content (AvgIpc) is 2.34. The monoisotopic (exact) mass is 312 g/mol. The number of benzene rings is 1.